The summed E-state index contributed by atoms with van der Waals surface area (Å²) < 4.78 is 0. The minimum Gasteiger partial charge on any atom is -0.260 e. The van der Waals surface area contributed by atoms with Crippen molar-refractivity contribution in [3.63, 3.8) is 0 Å². The van der Waals surface area contributed by atoms with Crippen LogP contribution in [0.5, 0.6) is 0 Å². The van der Waals surface area contributed by atoms with Gasteiger partial charge in [0.2, 0.25) is 0 Å². The van der Waals surface area contributed by atoms with Crippen LogP contribution in [-0.4, -0.2) is 16.2 Å². The first-order valence-electron chi connectivity index (χ1n) is 7.92. The van der Waals surface area contributed by atoms with E-state index >= 15 is 0 Å². The lowest BCUT2D eigenvalue weighted by molar-refractivity contribution is 0.831. The van der Waals surface area contributed by atoms with Crippen LogP contribution in [-0.2, 0) is 6.42 Å². The normalized spacial score (nSPS) is 11.8. The van der Waals surface area contributed by atoms with Crippen molar-refractivity contribution in [3.05, 3.63) is 53.1 Å². The number of hydrogen-bond acceptors (Lipinski definition) is 3. The van der Waals surface area contributed by atoms with Crippen molar-refractivity contribution in [1.82, 2.24) is 9.97 Å². The predicted octanol–water partition coefficient (Wildman–Crippen LogP) is 4.98. The first-order chi connectivity index (χ1) is 10.5. The number of rotatable bonds is 5. The molecule has 0 amide bonds. The fraction of sp³-hybridized carbons (Fsp3) is 0.421. The molecule has 0 aliphatic heterocycles. The van der Waals surface area contributed by atoms with Gasteiger partial charge in [-0.3, -0.25) is 4.99 Å². The summed E-state index contributed by atoms with van der Waals surface area (Å²) in [6.07, 6.45) is 6.11. The summed E-state index contributed by atoms with van der Waals surface area (Å²) in [6.45, 7) is 11.0. The van der Waals surface area contributed by atoms with Gasteiger partial charge >= 0.3 is 0 Å². The number of nitrogens with zero attached hydrogens (tertiary/aromatic N) is 3. The Bertz CT molecular complexity index is 614. The molecule has 1 aromatic carbocycles. The van der Waals surface area contributed by atoms with Gasteiger partial charge in [-0.1, -0.05) is 45.4 Å². The molecule has 1 aromatic heterocycles. The standard InChI is InChI=1S/C19H25N3/c1-13(2)16-11-15(5)12-17(14(3)4)19(16)22-10-7-18-20-8-6-9-21-18/h6,8-14H,7H2,1-5H3. The van der Waals surface area contributed by atoms with Crippen molar-refractivity contribution in [2.24, 2.45) is 4.99 Å². The molecule has 2 rings (SSSR count). The van der Waals surface area contributed by atoms with E-state index in [1.54, 1.807) is 12.4 Å². The number of aliphatic imine (C=N–C) groups is 1. The molecule has 0 N–H and O–H groups in total. The van der Waals surface area contributed by atoms with Gasteiger partial charge in [0, 0.05) is 25.0 Å². The molecule has 22 heavy (non-hydrogen) atoms. The average molecular weight is 295 g/mol. The number of aryl methyl sites for hydroxylation is 1. The lowest BCUT2D eigenvalue weighted by atomic mass is 9.91. The van der Waals surface area contributed by atoms with E-state index in [2.05, 4.69) is 56.7 Å². The third-order valence-electron chi connectivity index (χ3n) is 3.67. The second-order valence-electron chi connectivity index (χ2n) is 6.28. The zero-order valence-corrected chi connectivity index (χ0v) is 14.2. The van der Waals surface area contributed by atoms with E-state index in [1.165, 1.54) is 16.7 Å². The maximum atomic E-state index is 4.78. The van der Waals surface area contributed by atoms with Gasteiger partial charge in [0.1, 0.15) is 5.82 Å². The number of hydrogen-bond donors (Lipinski definition) is 0. The van der Waals surface area contributed by atoms with Crippen molar-refractivity contribution in [2.75, 3.05) is 0 Å². The van der Waals surface area contributed by atoms with Crippen LogP contribution in [0.2, 0.25) is 0 Å². The fourth-order valence-electron chi connectivity index (χ4n) is 2.52. The van der Waals surface area contributed by atoms with Gasteiger partial charge in [-0.15, -0.1) is 0 Å². The Labute approximate surface area is 133 Å². The summed E-state index contributed by atoms with van der Waals surface area (Å²) in [5.74, 6) is 1.71. The highest BCUT2D eigenvalue weighted by Gasteiger charge is 2.14. The van der Waals surface area contributed by atoms with Crippen molar-refractivity contribution < 1.29 is 0 Å². The maximum Gasteiger partial charge on any atom is 0.133 e. The summed E-state index contributed by atoms with van der Waals surface area (Å²) in [6, 6.07) is 6.33. The molecule has 3 nitrogen and oxygen atoms in total. The molecule has 0 spiro atoms. The Morgan fingerprint density at radius 3 is 2.05 bits per heavy atom. The second-order valence-corrected chi connectivity index (χ2v) is 6.28. The topological polar surface area (TPSA) is 38.1 Å². The molecule has 1 heterocycles. The SMILES string of the molecule is Cc1cc(C(C)C)c(N=CCc2ncccn2)c(C(C)C)c1. The Hall–Kier alpha value is -2.03. The minimum atomic E-state index is 0.456. The molecule has 0 unspecified atom stereocenters. The van der Waals surface area contributed by atoms with Crippen molar-refractivity contribution in [3.8, 4) is 0 Å². The van der Waals surface area contributed by atoms with E-state index < -0.39 is 0 Å². The van der Waals surface area contributed by atoms with Crippen LogP contribution < -0.4 is 0 Å². The molecule has 0 radical (unpaired) electrons. The zero-order chi connectivity index (χ0) is 16.1. The Morgan fingerprint density at radius 1 is 1.00 bits per heavy atom. The van der Waals surface area contributed by atoms with E-state index in [4.69, 9.17) is 4.99 Å². The third-order valence-corrected chi connectivity index (χ3v) is 3.67. The van der Waals surface area contributed by atoms with Gasteiger partial charge < -0.3 is 0 Å². The molecule has 2 aromatic rings. The average Bonchev–Trinajstić information content (AvgIpc) is 2.48. The van der Waals surface area contributed by atoms with Crippen LogP contribution in [0, 0.1) is 6.92 Å². The second kappa shape index (κ2) is 7.30. The molecular formula is C19H25N3. The van der Waals surface area contributed by atoms with Crippen molar-refractivity contribution >= 4 is 11.9 Å². The van der Waals surface area contributed by atoms with Crippen LogP contribution >= 0.6 is 0 Å². The van der Waals surface area contributed by atoms with Gasteiger partial charge in [0.25, 0.3) is 0 Å². The monoisotopic (exact) mass is 295 g/mol. The molecule has 0 aliphatic carbocycles. The summed E-state index contributed by atoms with van der Waals surface area (Å²) in [5.41, 5.74) is 5.05. The van der Waals surface area contributed by atoms with E-state index in [9.17, 15) is 0 Å². The summed E-state index contributed by atoms with van der Waals surface area (Å²) in [4.78, 5) is 13.3. The summed E-state index contributed by atoms with van der Waals surface area (Å²) in [5, 5.41) is 0. The number of benzene rings is 1. The van der Waals surface area contributed by atoms with Gasteiger partial charge in [-0.05, 0) is 36.0 Å². The zero-order valence-electron chi connectivity index (χ0n) is 14.2. The highest BCUT2D eigenvalue weighted by molar-refractivity contribution is 5.69. The van der Waals surface area contributed by atoms with E-state index in [0.29, 0.717) is 18.3 Å². The fourth-order valence-corrected chi connectivity index (χ4v) is 2.52. The van der Waals surface area contributed by atoms with E-state index in [-0.39, 0.29) is 0 Å². The molecule has 0 atom stereocenters. The van der Waals surface area contributed by atoms with Crippen LogP contribution in [0.3, 0.4) is 0 Å². The van der Waals surface area contributed by atoms with Gasteiger partial charge in [0.15, 0.2) is 0 Å². The molecular weight excluding hydrogens is 270 g/mol. The van der Waals surface area contributed by atoms with Crippen LogP contribution in [0.1, 0.15) is 62.0 Å². The smallest absolute Gasteiger partial charge is 0.133 e. The van der Waals surface area contributed by atoms with Gasteiger partial charge in [-0.2, -0.15) is 0 Å². The minimum absolute atomic E-state index is 0.456. The van der Waals surface area contributed by atoms with Crippen LogP contribution in [0.15, 0.2) is 35.6 Å². The summed E-state index contributed by atoms with van der Waals surface area (Å²) >= 11 is 0. The van der Waals surface area contributed by atoms with Crippen molar-refractivity contribution in [2.45, 2.75) is 52.9 Å². The molecule has 116 valence electrons. The largest absolute Gasteiger partial charge is 0.260 e. The molecule has 0 fully saturated rings. The van der Waals surface area contributed by atoms with E-state index in [1.807, 2.05) is 12.3 Å². The summed E-state index contributed by atoms with van der Waals surface area (Å²) in [7, 11) is 0. The van der Waals surface area contributed by atoms with Gasteiger partial charge in [-0.25, -0.2) is 9.97 Å². The Kier molecular flexibility index (Phi) is 5.42. The first kappa shape index (κ1) is 16.3. The predicted molar refractivity (Wildman–Crippen MR) is 93.2 cm³/mol. The van der Waals surface area contributed by atoms with Crippen LogP contribution in [0.4, 0.5) is 5.69 Å². The Balaban J connectivity index is 2.35. The lowest BCUT2D eigenvalue weighted by Gasteiger charge is -2.17. The Morgan fingerprint density at radius 2 is 1.55 bits per heavy atom. The highest BCUT2D eigenvalue weighted by Crippen LogP contribution is 2.35. The maximum absolute atomic E-state index is 4.78. The molecule has 3 heteroatoms. The van der Waals surface area contributed by atoms with E-state index in [0.717, 1.165) is 11.5 Å². The molecule has 0 bridgehead atoms. The quantitative estimate of drug-likeness (QED) is 0.730. The number of aromatic nitrogens is 2. The first-order valence-corrected chi connectivity index (χ1v) is 7.92. The molecule has 0 saturated heterocycles. The third kappa shape index (κ3) is 4.00. The molecule has 0 saturated carbocycles. The molecule has 0 aliphatic rings. The lowest BCUT2D eigenvalue weighted by Crippen LogP contribution is -1.98. The van der Waals surface area contributed by atoms with Crippen LogP contribution in [0.25, 0.3) is 0 Å². The van der Waals surface area contributed by atoms with Gasteiger partial charge in [0.05, 0.1) is 5.69 Å². The highest BCUT2D eigenvalue weighted by atomic mass is 14.9. The van der Waals surface area contributed by atoms with Crippen molar-refractivity contribution in [1.29, 1.82) is 0 Å².